The van der Waals surface area contributed by atoms with Crippen LogP contribution in [0.2, 0.25) is 0 Å². The Balaban J connectivity index is 1.73. The van der Waals surface area contributed by atoms with Gasteiger partial charge in [0.2, 0.25) is 0 Å². The van der Waals surface area contributed by atoms with E-state index in [-0.39, 0.29) is 24.1 Å². The van der Waals surface area contributed by atoms with Gasteiger partial charge in [-0.15, -0.1) is 0 Å². The molecule has 7 nitrogen and oxygen atoms in total. The van der Waals surface area contributed by atoms with Gasteiger partial charge in [-0.25, -0.2) is 0 Å². The van der Waals surface area contributed by atoms with E-state index in [0.29, 0.717) is 17.0 Å². The molecule has 0 atom stereocenters. The summed E-state index contributed by atoms with van der Waals surface area (Å²) < 4.78 is 7.47. The Kier molecular flexibility index (Phi) is 4.99. The first kappa shape index (κ1) is 17.0. The maximum absolute atomic E-state index is 12.4. The highest BCUT2D eigenvalue weighted by atomic mass is 79.9. The minimum absolute atomic E-state index is 0.247. The normalized spacial score (nSPS) is 10.5. The number of carbonyl (C=O) groups excluding carboxylic acids is 2. The highest BCUT2D eigenvalue weighted by Crippen LogP contribution is 2.17. The Morgan fingerprint density at radius 2 is 1.96 bits per heavy atom. The first-order valence-corrected chi connectivity index (χ1v) is 8.23. The second-order valence-corrected chi connectivity index (χ2v) is 6.17. The van der Waals surface area contributed by atoms with Gasteiger partial charge in [0.1, 0.15) is 11.5 Å². The molecule has 2 aromatic heterocycles. The molecule has 128 valence electrons. The van der Waals surface area contributed by atoms with Crippen molar-refractivity contribution in [2.24, 2.45) is 7.05 Å². The third kappa shape index (κ3) is 3.97. The van der Waals surface area contributed by atoms with Crippen LogP contribution in [0, 0.1) is 0 Å². The van der Waals surface area contributed by atoms with E-state index < -0.39 is 0 Å². The van der Waals surface area contributed by atoms with Crippen LogP contribution in [-0.2, 0) is 13.6 Å². The van der Waals surface area contributed by atoms with E-state index in [4.69, 9.17) is 4.42 Å². The predicted octanol–water partition coefficient (Wildman–Crippen LogP) is 2.96. The van der Waals surface area contributed by atoms with Crippen LogP contribution < -0.4 is 10.6 Å². The lowest BCUT2D eigenvalue weighted by molar-refractivity contribution is 0.0939. The molecule has 8 heteroatoms. The van der Waals surface area contributed by atoms with Crippen LogP contribution >= 0.6 is 15.9 Å². The summed E-state index contributed by atoms with van der Waals surface area (Å²) in [6.07, 6.45) is 2.98. The second kappa shape index (κ2) is 7.35. The molecule has 25 heavy (non-hydrogen) atoms. The maximum atomic E-state index is 12.4. The zero-order valence-electron chi connectivity index (χ0n) is 13.3. The molecule has 3 rings (SSSR count). The summed E-state index contributed by atoms with van der Waals surface area (Å²) in [6.45, 7) is 0.247. The number of anilines is 1. The van der Waals surface area contributed by atoms with Crippen LogP contribution in [0.3, 0.4) is 0 Å². The molecule has 0 aliphatic heterocycles. The lowest BCUT2D eigenvalue weighted by atomic mass is 10.2. The summed E-state index contributed by atoms with van der Waals surface area (Å²) >= 11 is 3.32. The Bertz CT molecular complexity index is 885. The van der Waals surface area contributed by atoms with Crippen molar-refractivity contribution in [3.05, 3.63) is 70.3 Å². The van der Waals surface area contributed by atoms with Crippen molar-refractivity contribution in [3.63, 3.8) is 0 Å². The molecule has 2 amide bonds. The van der Waals surface area contributed by atoms with Crippen LogP contribution in [0.5, 0.6) is 0 Å². The first-order valence-electron chi connectivity index (χ1n) is 7.44. The van der Waals surface area contributed by atoms with Crippen molar-refractivity contribution < 1.29 is 14.0 Å². The summed E-state index contributed by atoms with van der Waals surface area (Å²) in [7, 11) is 1.64. The minimum atomic E-state index is -0.359. The van der Waals surface area contributed by atoms with E-state index >= 15 is 0 Å². The molecule has 3 aromatic rings. The number of halogens is 1. The van der Waals surface area contributed by atoms with E-state index in [2.05, 4.69) is 31.7 Å². The van der Waals surface area contributed by atoms with E-state index in [9.17, 15) is 9.59 Å². The lowest BCUT2D eigenvalue weighted by Gasteiger charge is -2.08. The molecular weight excluding hydrogens is 388 g/mol. The van der Waals surface area contributed by atoms with Crippen LogP contribution in [0.15, 0.2) is 57.7 Å². The quantitative estimate of drug-likeness (QED) is 0.686. The van der Waals surface area contributed by atoms with Gasteiger partial charge in [-0.1, -0.05) is 15.9 Å². The maximum Gasteiger partial charge on any atom is 0.272 e. The lowest BCUT2D eigenvalue weighted by Crippen LogP contribution is -2.26. The molecule has 0 saturated heterocycles. The van der Waals surface area contributed by atoms with Crippen LogP contribution in [0.1, 0.15) is 26.6 Å². The Hall–Kier alpha value is -2.87. The number of benzene rings is 1. The number of nitrogens with zero attached hydrogens (tertiary/aromatic N) is 2. The highest BCUT2D eigenvalue weighted by Gasteiger charge is 2.19. The van der Waals surface area contributed by atoms with Gasteiger partial charge >= 0.3 is 0 Å². The Labute approximate surface area is 152 Å². The summed E-state index contributed by atoms with van der Waals surface area (Å²) in [4.78, 5) is 24.8. The van der Waals surface area contributed by atoms with Gasteiger partial charge in [-0.05, 0) is 36.4 Å². The zero-order valence-corrected chi connectivity index (χ0v) is 14.9. The predicted molar refractivity (Wildman–Crippen MR) is 95.2 cm³/mol. The summed E-state index contributed by atoms with van der Waals surface area (Å²) in [6, 6.07) is 10.4. The molecule has 0 aliphatic rings. The fourth-order valence-corrected chi connectivity index (χ4v) is 2.52. The fraction of sp³-hybridized carbons (Fsp3) is 0.118. The zero-order chi connectivity index (χ0) is 17.8. The number of hydrogen-bond donors (Lipinski definition) is 2. The Morgan fingerprint density at radius 1 is 1.20 bits per heavy atom. The average molecular weight is 403 g/mol. The van der Waals surface area contributed by atoms with Crippen molar-refractivity contribution in [2.45, 2.75) is 6.54 Å². The van der Waals surface area contributed by atoms with Crippen molar-refractivity contribution in [3.8, 4) is 0 Å². The largest absolute Gasteiger partial charge is 0.467 e. The van der Waals surface area contributed by atoms with Crippen molar-refractivity contribution in [1.29, 1.82) is 0 Å². The third-order valence-corrected chi connectivity index (χ3v) is 4.04. The molecule has 2 heterocycles. The number of amides is 2. The van der Waals surface area contributed by atoms with Crippen LogP contribution in [0.25, 0.3) is 0 Å². The molecular formula is C17H15BrN4O3. The molecule has 0 fully saturated rings. The third-order valence-electron chi connectivity index (χ3n) is 3.51. The molecule has 0 bridgehead atoms. The summed E-state index contributed by atoms with van der Waals surface area (Å²) in [5.74, 6) is -0.0425. The smallest absolute Gasteiger partial charge is 0.272 e. The number of hydrogen-bond acceptors (Lipinski definition) is 4. The second-order valence-electron chi connectivity index (χ2n) is 5.25. The molecule has 0 radical (unpaired) electrons. The number of rotatable bonds is 5. The van der Waals surface area contributed by atoms with Crippen molar-refractivity contribution >= 4 is 33.4 Å². The van der Waals surface area contributed by atoms with Gasteiger partial charge in [0.05, 0.1) is 24.7 Å². The number of furan rings is 1. The number of aryl methyl sites for hydroxylation is 1. The number of carbonyl (C=O) groups is 2. The van der Waals surface area contributed by atoms with Gasteiger partial charge in [-0.2, -0.15) is 5.10 Å². The van der Waals surface area contributed by atoms with Crippen LogP contribution in [0.4, 0.5) is 5.69 Å². The van der Waals surface area contributed by atoms with E-state index in [1.807, 2.05) is 0 Å². The monoisotopic (exact) mass is 402 g/mol. The topological polar surface area (TPSA) is 89.2 Å². The van der Waals surface area contributed by atoms with E-state index in [1.165, 1.54) is 17.1 Å². The fourth-order valence-electron chi connectivity index (χ4n) is 2.26. The van der Waals surface area contributed by atoms with Crippen LogP contribution in [-0.4, -0.2) is 21.6 Å². The number of aromatic nitrogens is 2. The van der Waals surface area contributed by atoms with Crippen molar-refractivity contribution in [1.82, 2.24) is 15.1 Å². The van der Waals surface area contributed by atoms with Gasteiger partial charge in [-0.3, -0.25) is 14.3 Å². The molecule has 0 saturated carbocycles. The average Bonchev–Trinajstić information content (AvgIpc) is 3.23. The molecule has 2 N–H and O–H groups in total. The van der Waals surface area contributed by atoms with E-state index in [1.54, 1.807) is 43.4 Å². The SMILES string of the molecule is Cn1ncc(NC(=O)c2ccc(Br)cc2)c1C(=O)NCc1ccco1. The molecule has 0 unspecified atom stereocenters. The Morgan fingerprint density at radius 3 is 2.64 bits per heavy atom. The minimum Gasteiger partial charge on any atom is -0.467 e. The standard InChI is InChI=1S/C17H15BrN4O3/c1-22-15(17(24)19-9-13-3-2-8-25-13)14(10-20-22)21-16(23)11-4-6-12(18)7-5-11/h2-8,10H,9H2,1H3,(H,19,24)(H,21,23). The number of nitrogens with one attached hydrogen (secondary N) is 2. The summed E-state index contributed by atoms with van der Waals surface area (Å²) in [5.41, 5.74) is 1.08. The van der Waals surface area contributed by atoms with Gasteiger partial charge in [0, 0.05) is 17.1 Å². The summed E-state index contributed by atoms with van der Waals surface area (Å²) in [5, 5.41) is 9.51. The van der Waals surface area contributed by atoms with Gasteiger partial charge in [0.15, 0.2) is 0 Å². The first-order chi connectivity index (χ1) is 12.0. The molecule has 1 aromatic carbocycles. The molecule has 0 aliphatic carbocycles. The highest BCUT2D eigenvalue weighted by molar-refractivity contribution is 9.10. The van der Waals surface area contributed by atoms with E-state index in [0.717, 1.165) is 4.47 Å². The molecule has 0 spiro atoms. The van der Waals surface area contributed by atoms with Crippen molar-refractivity contribution in [2.75, 3.05) is 5.32 Å². The van der Waals surface area contributed by atoms with Gasteiger partial charge in [0.25, 0.3) is 11.8 Å². The van der Waals surface area contributed by atoms with Gasteiger partial charge < -0.3 is 15.1 Å².